The zero-order chi connectivity index (χ0) is 14.8. The van der Waals surface area contributed by atoms with Gasteiger partial charge in [0.05, 0.1) is 12.5 Å². The summed E-state index contributed by atoms with van der Waals surface area (Å²) in [6, 6.07) is 0.922. The van der Waals surface area contributed by atoms with Gasteiger partial charge in [0.25, 0.3) is 5.91 Å². The Morgan fingerprint density at radius 3 is 2.81 bits per heavy atom. The number of nitrogens with two attached hydrogens (primary N) is 1. The van der Waals surface area contributed by atoms with Crippen molar-refractivity contribution in [1.82, 2.24) is 10.2 Å². The molecular weight excluding hydrogens is 266 g/mol. The second-order valence-electron chi connectivity index (χ2n) is 7.00. The average molecular weight is 294 g/mol. The molecule has 3 fully saturated rings. The van der Waals surface area contributed by atoms with Crippen LogP contribution in [0.15, 0.2) is 0 Å². The van der Waals surface area contributed by atoms with Crippen LogP contribution in [0.1, 0.15) is 58.3 Å². The lowest BCUT2D eigenvalue weighted by Gasteiger charge is -2.38. The fourth-order valence-electron chi connectivity index (χ4n) is 4.18. The summed E-state index contributed by atoms with van der Waals surface area (Å²) in [6.45, 7) is 2.99. The van der Waals surface area contributed by atoms with E-state index in [0.29, 0.717) is 24.5 Å². The topological polar surface area (TPSA) is 66.0 Å². The highest BCUT2D eigenvalue weighted by Gasteiger charge is 2.41. The number of likely N-dealkylation sites (tertiary alicyclic amines) is 1. The Bertz CT molecular complexity index is 412. The molecular formula is C16H28N3O2+. The molecule has 4 atom stereocenters. The number of piperidine rings is 1. The molecule has 0 bridgehead atoms. The van der Waals surface area contributed by atoms with Crippen LogP contribution in [-0.4, -0.2) is 47.4 Å². The lowest BCUT2D eigenvalue weighted by atomic mass is 9.87. The van der Waals surface area contributed by atoms with Crippen LogP contribution in [0.25, 0.3) is 0 Å². The first kappa shape index (κ1) is 14.8. The molecule has 5 nitrogen and oxygen atoms in total. The predicted molar refractivity (Wildman–Crippen MR) is 79.5 cm³/mol. The van der Waals surface area contributed by atoms with Crippen LogP contribution >= 0.6 is 0 Å². The maximum Gasteiger partial charge on any atom is 0.279 e. The number of nitrogens with one attached hydrogen (secondary N) is 1. The summed E-state index contributed by atoms with van der Waals surface area (Å²) in [5.74, 6) is 0.226. The van der Waals surface area contributed by atoms with Gasteiger partial charge in [0.2, 0.25) is 5.91 Å². The first-order valence-corrected chi connectivity index (χ1v) is 8.60. The normalized spacial score (nSPS) is 36.8. The van der Waals surface area contributed by atoms with Gasteiger partial charge in [-0.15, -0.1) is 0 Å². The van der Waals surface area contributed by atoms with Gasteiger partial charge in [-0.3, -0.25) is 9.59 Å². The number of piperazine rings is 1. The Morgan fingerprint density at radius 2 is 2.00 bits per heavy atom. The maximum atomic E-state index is 12.5. The van der Waals surface area contributed by atoms with Crippen LogP contribution in [-0.2, 0) is 9.59 Å². The van der Waals surface area contributed by atoms with E-state index < -0.39 is 0 Å². The molecule has 2 amide bonds. The molecule has 0 spiro atoms. The molecule has 1 saturated carbocycles. The Labute approximate surface area is 126 Å². The van der Waals surface area contributed by atoms with E-state index in [4.69, 9.17) is 0 Å². The first-order valence-electron chi connectivity index (χ1n) is 8.60. The zero-order valence-corrected chi connectivity index (χ0v) is 13.0. The van der Waals surface area contributed by atoms with Crippen molar-refractivity contribution < 1.29 is 14.9 Å². The number of carbonyl (C=O) groups is 2. The number of rotatable bonds is 2. The molecule has 3 rings (SSSR count). The molecule has 0 aromatic heterocycles. The Balaban J connectivity index is 1.58. The second kappa shape index (κ2) is 6.34. The van der Waals surface area contributed by atoms with Gasteiger partial charge in [0, 0.05) is 19.0 Å². The third-order valence-corrected chi connectivity index (χ3v) is 5.48. The lowest BCUT2D eigenvalue weighted by Crippen LogP contribution is -3.03. The number of hydrogen-bond donors (Lipinski definition) is 2. The number of quaternary nitrogens is 1. The molecule has 21 heavy (non-hydrogen) atoms. The van der Waals surface area contributed by atoms with Gasteiger partial charge in [-0.2, -0.15) is 0 Å². The predicted octanol–water partition coefficient (Wildman–Crippen LogP) is 0.151. The minimum absolute atomic E-state index is 0.0659. The minimum Gasteiger partial charge on any atom is -0.342 e. The highest BCUT2D eigenvalue weighted by atomic mass is 16.2. The fraction of sp³-hybridized carbons (Fsp3) is 0.875. The first-order chi connectivity index (χ1) is 10.1. The second-order valence-corrected chi connectivity index (χ2v) is 7.00. The van der Waals surface area contributed by atoms with E-state index in [1.165, 1.54) is 19.3 Å². The molecule has 0 radical (unpaired) electrons. The van der Waals surface area contributed by atoms with E-state index >= 15 is 0 Å². The van der Waals surface area contributed by atoms with Crippen molar-refractivity contribution in [3.63, 3.8) is 0 Å². The van der Waals surface area contributed by atoms with Crippen molar-refractivity contribution in [3.05, 3.63) is 0 Å². The van der Waals surface area contributed by atoms with E-state index in [1.54, 1.807) is 0 Å². The third kappa shape index (κ3) is 3.23. The van der Waals surface area contributed by atoms with Gasteiger partial charge in [-0.1, -0.05) is 6.42 Å². The highest BCUT2D eigenvalue weighted by molar-refractivity contribution is 5.87. The highest BCUT2D eigenvalue weighted by Crippen LogP contribution is 2.20. The van der Waals surface area contributed by atoms with Crippen molar-refractivity contribution in [3.8, 4) is 0 Å². The monoisotopic (exact) mass is 294 g/mol. The number of nitrogens with zero attached hydrogens (tertiary/aromatic N) is 1. The van der Waals surface area contributed by atoms with Crippen LogP contribution in [0.5, 0.6) is 0 Å². The van der Waals surface area contributed by atoms with E-state index in [2.05, 4.69) is 17.6 Å². The Hall–Kier alpha value is -1.10. The van der Waals surface area contributed by atoms with Gasteiger partial charge in [0.1, 0.15) is 6.04 Å². The number of carbonyl (C=O) groups excluding carboxylic acids is 2. The summed E-state index contributed by atoms with van der Waals surface area (Å²) in [7, 11) is 0. The Morgan fingerprint density at radius 1 is 1.24 bits per heavy atom. The molecule has 0 aromatic carbocycles. The molecule has 2 aliphatic heterocycles. The standard InChI is InChI=1S/C16H27N3O2/c1-11-6-4-5-9-19(11)15(20)10-14-16(21)18-13-8-3-2-7-12(13)17-14/h11-14,17H,2-10H2,1H3,(H,18,21)/p+1/t11-,12+,13-,14-/m0/s1. The van der Waals surface area contributed by atoms with Crippen molar-refractivity contribution >= 4 is 11.8 Å². The van der Waals surface area contributed by atoms with Crippen molar-refractivity contribution in [2.75, 3.05) is 6.54 Å². The maximum absolute atomic E-state index is 12.5. The smallest absolute Gasteiger partial charge is 0.279 e. The summed E-state index contributed by atoms with van der Waals surface area (Å²) in [6.07, 6.45) is 8.48. The van der Waals surface area contributed by atoms with E-state index in [-0.39, 0.29) is 17.9 Å². The summed E-state index contributed by atoms with van der Waals surface area (Å²) in [5.41, 5.74) is 0. The van der Waals surface area contributed by atoms with Gasteiger partial charge >= 0.3 is 0 Å². The van der Waals surface area contributed by atoms with Gasteiger partial charge in [-0.25, -0.2) is 0 Å². The van der Waals surface area contributed by atoms with Crippen LogP contribution in [0.2, 0.25) is 0 Å². The summed E-state index contributed by atoms with van der Waals surface area (Å²) in [5, 5.41) is 5.32. The average Bonchev–Trinajstić information content (AvgIpc) is 2.48. The van der Waals surface area contributed by atoms with Gasteiger partial charge in [0.15, 0.2) is 6.04 Å². The fourth-order valence-corrected chi connectivity index (χ4v) is 4.18. The lowest BCUT2D eigenvalue weighted by molar-refractivity contribution is -0.718. The molecule has 1 aliphatic carbocycles. The number of fused-ring (bicyclic) bond motifs is 1. The molecule has 3 N–H and O–H groups in total. The van der Waals surface area contributed by atoms with Gasteiger partial charge in [-0.05, 0) is 39.0 Å². The molecule has 2 heterocycles. The zero-order valence-electron chi connectivity index (χ0n) is 13.0. The molecule has 0 unspecified atom stereocenters. The van der Waals surface area contributed by atoms with Crippen LogP contribution in [0.3, 0.4) is 0 Å². The molecule has 118 valence electrons. The SMILES string of the molecule is C[C@H]1CCCCN1C(=O)C[C@@H]1[NH2+][C@@H]2CCCC[C@@H]2NC1=O. The summed E-state index contributed by atoms with van der Waals surface area (Å²) >= 11 is 0. The largest absolute Gasteiger partial charge is 0.342 e. The Kier molecular flexibility index (Phi) is 4.48. The van der Waals surface area contributed by atoms with Crippen molar-refractivity contribution in [1.29, 1.82) is 0 Å². The van der Waals surface area contributed by atoms with E-state index in [1.807, 2.05) is 4.90 Å². The third-order valence-electron chi connectivity index (χ3n) is 5.48. The van der Waals surface area contributed by atoms with Crippen LogP contribution < -0.4 is 10.6 Å². The van der Waals surface area contributed by atoms with E-state index in [9.17, 15) is 9.59 Å². The molecule has 3 aliphatic rings. The number of hydrogen-bond acceptors (Lipinski definition) is 2. The van der Waals surface area contributed by atoms with Crippen LogP contribution in [0.4, 0.5) is 0 Å². The quantitative estimate of drug-likeness (QED) is 0.761. The van der Waals surface area contributed by atoms with Crippen molar-refractivity contribution in [2.45, 2.75) is 82.5 Å². The molecule has 5 heteroatoms. The summed E-state index contributed by atoms with van der Waals surface area (Å²) in [4.78, 5) is 26.7. The molecule has 0 aromatic rings. The van der Waals surface area contributed by atoms with Crippen LogP contribution in [0, 0.1) is 0 Å². The summed E-state index contributed by atoms with van der Waals surface area (Å²) < 4.78 is 0. The number of amides is 2. The van der Waals surface area contributed by atoms with Gasteiger partial charge < -0.3 is 15.5 Å². The van der Waals surface area contributed by atoms with Crippen molar-refractivity contribution in [2.24, 2.45) is 0 Å². The minimum atomic E-state index is -0.217. The molecule has 2 saturated heterocycles. The van der Waals surface area contributed by atoms with E-state index in [0.717, 1.165) is 32.2 Å².